The summed E-state index contributed by atoms with van der Waals surface area (Å²) < 4.78 is 12.0. The summed E-state index contributed by atoms with van der Waals surface area (Å²) in [6.45, 7) is 0.405. The molecule has 0 saturated heterocycles. The molecular formula is C23H20O4. The number of ether oxygens (including phenoxy) is 2. The lowest BCUT2D eigenvalue weighted by Gasteiger charge is -2.27. The molecule has 1 N–H and O–H groups in total. The smallest absolute Gasteiger partial charge is 0.167 e. The number of carbonyl (C=O) groups is 1. The molecule has 0 fully saturated rings. The van der Waals surface area contributed by atoms with E-state index in [-0.39, 0.29) is 17.6 Å². The number of benzene rings is 3. The van der Waals surface area contributed by atoms with Crippen LogP contribution in [0, 0.1) is 0 Å². The van der Waals surface area contributed by atoms with Crippen molar-refractivity contribution in [2.75, 3.05) is 0 Å². The van der Waals surface area contributed by atoms with Crippen LogP contribution in [0.1, 0.15) is 40.4 Å². The highest BCUT2D eigenvalue weighted by Crippen LogP contribution is 2.38. The minimum absolute atomic E-state index is 0.0735. The molecule has 1 aliphatic carbocycles. The number of phenolic OH excluding ortho intramolecular Hbond substituents is 1. The van der Waals surface area contributed by atoms with Gasteiger partial charge in [-0.25, -0.2) is 0 Å². The Kier molecular flexibility index (Phi) is 4.79. The third-order valence-corrected chi connectivity index (χ3v) is 4.65. The molecule has 0 heterocycles. The summed E-state index contributed by atoms with van der Waals surface area (Å²) in [5.74, 6) is 1.39. The largest absolute Gasteiger partial charge is 0.508 e. The first-order valence-corrected chi connectivity index (χ1v) is 8.99. The molecule has 0 aromatic heterocycles. The van der Waals surface area contributed by atoms with Crippen molar-refractivity contribution in [2.24, 2.45) is 0 Å². The molecule has 1 unspecified atom stereocenters. The van der Waals surface area contributed by atoms with Crippen LogP contribution in [-0.2, 0) is 6.61 Å². The number of hydrogen-bond acceptors (Lipinski definition) is 4. The van der Waals surface area contributed by atoms with Gasteiger partial charge in [0.1, 0.15) is 30.0 Å². The van der Waals surface area contributed by atoms with Crippen molar-refractivity contribution < 1.29 is 19.4 Å². The van der Waals surface area contributed by atoms with Crippen LogP contribution in [0.3, 0.4) is 0 Å². The topological polar surface area (TPSA) is 55.8 Å². The van der Waals surface area contributed by atoms with Gasteiger partial charge in [-0.15, -0.1) is 0 Å². The maximum absolute atomic E-state index is 12.6. The van der Waals surface area contributed by atoms with Crippen molar-refractivity contribution in [3.05, 3.63) is 89.5 Å². The minimum atomic E-state index is -0.250. The Morgan fingerprint density at radius 3 is 2.59 bits per heavy atom. The van der Waals surface area contributed by atoms with E-state index in [0.717, 1.165) is 11.1 Å². The molecule has 27 heavy (non-hydrogen) atoms. The number of ketones is 1. The first-order valence-electron chi connectivity index (χ1n) is 8.99. The first kappa shape index (κ1) is 17.2. The predicted molar refractivity (Wildman–Crippen MR) is 102 cm³/mol. The molecule has 4 heteroatoms. The molecular weight excluding hydrogens is 340 g/mol. The fourth-order valence-electron chi connectivity index (χ4n) is 3.36. The molecule has 136 valence electrons. The second-order valence-corrected chi connectivity index (χ2v) is 6.56. The van der Waals surface area contributed by atoms with Gasteiger partial charge < -0.3 is 14.6 Å². The van der Waals surface area contributed by atoms with Gasteiger partial charge in [-0.05, 0) is 30.2 Å². The quantitative estimate of drug-likeness (QED) is 0.690. The molecule has 1 aliphatic rings. The Balaban J connectivity index is 1.60. The molecule has 4 nitrogen and oxygen atoms in total. The van der Waals surface area contributed by atoms with Gasteiger partial charge in [-0.1, -0.05) is 48.5 Å². The predicted octanol–water partition coefficient (Wildman–Crippen LogP) is 5.07. The van der Waals surface area contributed by atoms with E-state index < -0.39 is 0 Å². The molecule has 0 aliphatic heterocycles. The third-order valence-electron chi connectivity index (χ3n) is 4.65. The van der Waals surface area contributed by atoms with Crippen LogP contribution in [0.2, 0.25) is 0 Å². The average molecular weight is 360 g/mol. The minimum Gasteiger partial charge on any atom is -0.508 e. The highest BCUT2D eigenvalue weighted by Gasteiger charge is 2.30. The number of rotatable bonds is 5. The van der Waals surface area contributed by atoms with Crippen LogP contribution in [0.4, 0.5) is 0 Å². The molecule has 3 aromatic carbocycles. The van der Waals surface area contributed by atoms with Crippen molar-refractivity contribution >= 4 is 5.78 Å². The lowest BCUT2D eigenvalue weighted by atomic mass is 9.87. The van der Waals surface area contributed by atoms with E-state index in [4.69, 9.17) is 9.47 Å². The monoisotopic (exact) mass is 360 g/mol. The Bertz CT molecular complexity index is 950. The Morgan fingerprint density at radius 2 is 1.78 bits per heavy atom. The summed E-state index contributed by atoms with van der Waals surface area (Å²) in [5, 5.41) is 9.65. The van der Waals surface area contributed by atoms with Crippen LogP contribution >= 0.6 is 0 Å². The maximum atomic E-state index is 12.6. The second kappa shape index (κ2) is 7.54. The van der Waals surface area contributed by atoms with Crippen LogP contribution in [0.15, 0.2) is 72.8 Å². The average Bonchev–Trinajstić information content (AvgIpc) is 2.69. The van der Waals surface area contributed by atoms with E-state index in [1.54, 1.807) is 24.3 Å². The number of Topliss-reactive ketones (excluding diaryl/α,β-unsaturated/α-hetero) is 1. The summed E-state index contributed by atoms with van der Waals surface area (Å²) in [5.41, 5.74) is 2.48. The molecule has 1 atom stereocenters. The van der Waals surface area contributed by atoms with Gasteiger partial charge in [0.2, 0.25) is 0 Å². The highest BCUT2D eigenvalue weighted by atomic mass is 16.5. The SMILES string of the molecule is O=C1CCC(Oc2cccc(O)c2)c2cccc(OCc3ccccc3)c21. The van der Waals surface area contributed by atoms with Crippen molar-refractivity contribution in [1.29, 1.82) is 0 Å². The van der Waals surface area contributed by atoms with Gasteiger partial charge in [0.25, 0.3) is 0 Å². The van der Waals surface area contributed by atoms with E-state index in [1.807, 2.05) is 48.5 Å². The molecule has 4 rings (SSSR count). The van der Waals surface area contributed by atoms with E-state index in [1.165, 1.54) is 0 Å². The van der Waals surface area contributed by atoms with E-state index in [2.05, 4.69) is 0 Å². The Labute approximate surface area is 158 Å². The van der Waals surface area contributed by atoms with Crippen molar-refractivity contribution in [2.45, 2.75) is 25.6 Å². The standard InChI is InChI=1S/C23H20O4/c24-17-8-4-9-18(14-17)27-21-13-12-20(25)23-19(21)10-5-11-22(23)26-15-16-6-2-1-3-7-16/h1-11,14,21,24H,12-13,15H2. The summed E-state index contributed by atoms with van der Waals surface area (Å²) in [7, 11) is 0. The van der Waals surface area contributed by atoms with Crippen LogP contribution in [-0.4, -0.2) is 10.9 Å². The summed E-state index contributed by atoms with van der Waals surface area (Å²) in [6, 6.07) is 22.2. The fourth-order valence-corrected chi connectivity index (χ4v) is 3.36. The van der Waals surface area contributed by atoms with Gasteiger partial charge in [-0.2, -0.15) is 0 Å². The van der Waals surface area contributed by atoms with Crippen LogP contribution in [0.5, 0.6) is 17.2 Å². The van der Waals surface area contributed by atoms with Crippen molar-refractivity contribution in [3.8, 4) is 17.2 Å². The summed E-state index contributed by atoms with van der Waals surface area (Å²) in [4.78, 5) is 12.6. The molecule has 0 bridgehead atoms. The Morgan fingerprint density at radius 1 is 0.963 bits per heavy atom. The molecule has 0 amide bonds. The lowest BCUT2D eigenvalue weighted by Crippen LogP contribution is -2.20. The van der Waals surface area contributed by atoms with E-state index in [9.17, 15) is 9.90 Å². The normalized spacial score (nSPS) is 15.9. The number of hydrogen-bond donors (Lipinski definition) is 1. The fraction of sp³-hybridized carbons (Fsp3) is 0.174. The van der Waals surface area contributed by atoms with Crippen LogP contribution in [0.25, 0.3) is 0 Å². The van der Waals surface area contributed by atoms with Gasteiger partial charge in [0.05, 0.1) is 5.56 Å². The van der Waals surface area contributed by atoms with E-state index in [0.29, 0.717) is 36.5 Å². The highest BCUT2D eigenvalue weighted by molar-refractivity contribution is 6.01. The zero-order chi connectivity index (χ0) is 18.6. The molecule has 0 spiro atoms. The second-order valence-electron chi connectivity index (χ2n) is 6.56. The number of carbonyl (C=O) groups excluding carboxylic acids is 1. The third kappa shape index (κ3) is 3.80. The van der Waals surface area contributed by atoms with Gasteiger partial charge in [0.15, 0.2) is 5.78 Å². The molecule has 0 saturated carbocycles. The summed E-state index contributed by atoms with van der Waals surface area (Å²) >= 11 is 0. The lowest BCUT2D eigenvalue weighted by molar-refractivity contribution is 0.0913. The zero-order valence-electron chi connectivity index (χ0n) is 14.8. The van der Waals surface area contributed by atoms with Crippen molar-refractivity contribution in [3.63, 3.8) is 0 Å². The Hall–Kier alpha value is -3.27. The van der Waals surface area contributed by atoms with Gasteiger partial charge in [0, 0.05) is 18.1 Å². The molecule has 0 radical (unpaired) electrons. The van der Waals surface area contributed by atoms with Gasteiger partial charge in [-0.3, -0.25) is 4.79 Å². The van der Waals surface area contributed by atoms with Crippen molar-refractivity contribution in [1.82, 2.24) is 0 Å². The number of aromatic hydroxyl groups is 1. The van der Waals surface area contributed by atoms with Gasteiger partial charge >= 0.3 is 0 Å². The first-order chi connectivity index (χ1) is 13.2. The van der Waals surface area contributed by atoms with E-state index >= 15 is 0 Å². The van der Waals surface area contributed by atoms with Crippen LogP contribution < -0.4 is 9.47 Å². The maximum Gasteiger partial charge on any atom is 0.167 e. The molecule has 3 aromatic rings. The number of phenols is 1. The summed E-state index contributed by atoms with van der Waals surface area (Å²) in [6.07, 6.45) is 0.756. The number of fused-ring (bicyclic) bond motifs is 1. The zero-order valence-corrected chi connectivity index (χ0v) is 14.8.